The summed E-state index contributed by atoms with van der Waals surface area (Å²) in [4.78, 5) is 41.2. The average Bonchev–Trinajstić information content (AvgIpc) is 3.35. The third-order valence-electron chi connectivity index (χ3n) is 5.60. The monoisotopic (exact) mass is 424 g/mol. The Kier molecular flexibility index (Phi) is 7.26. The molecule has 3 rings (SSSR count). The van der Waals surface area contributed by atoms with Crippen molar-refractivity contribution in [3.63, 3.8) is 0 Å². The zero-order valence-corrected chi connectivity index (χ0v) is 18.2. The fourth-order valence-electron chi connectivity index (χ4n) is 4.00. The Morgan fingerprint density at radius 2 is 2.03 bits per heavy atom. The third kappa shape index (κ3) is 4.96. The standard InChI is InChI=1S/C20H29N3O5S/c1-4-14-13(2)29-18(17(14)20(26)27-3)21-16(24)12-22-7-9-23(10-8-22)19(25)15-6-5-11-28-15/h15H,4-12H2,1-3H3,(H,21,24)/p+1/t15-/m0/s1. The van der Waals surface area contributed by atoms with E-state index in [1.54, 1.807) is 0 Å². The van der Waals surface area contributed by atoms with Crippen LogP contribution in [0, 0.1) is 6.92 Å². The van der Waals surface area contributed by atoms with Crippen LogP contribution < -0.4 is 10.2 Å². The molecule has 0 bridgehead atoms. The first-order valence-corrected chi connectivity index (χ1v) is 11.0. The van der Waals surface area contributed by atoms with E-state index >= 15 is 0 Å². The van der Waals surface area contributed by atoms with E-state index in [0.29, 0.717) is 43.2 Å². The quantitative estimate of drug-likeness (QED) is 0.639. The number of carbonyl (C=O) groups is 3. The van der Waals surface area contributed by atoms with Crippen molar-refractivity contribution in [3.05, 3.63) is 16.0 Å². The Bertz CT molecular complexity index is 764. The lowest BCUT2D eigenvalue weighted by Crippen LogP contribution is -3.15. The van der Waals surface area contributed by atoms with Crippen molar-refractivity contribution in [1.29, 1.82) is 0 Å². The minimum Gasteiger partial charge on any atom is -0.465 e. The molecule has 2 amide bonds. The van der Waals surface area contributed by atoms with Gasteiger partial charge in [0.1, 0.15) is 11.1 Å². The molecule has 2 fully saturated rings. The van der Waals surface area contributed by atoms with Crippen LogP contribution in [0.25, 0.3) is 0 Å². The molecule has 2 saturated heterocycles. The maximum atomic E-state index is 12.6. The fraction of sp³-hybridized carbons (Fsp3) is 0.650. The summed E-state index contributed by atoms with van der Waals surface area (Å²) in [6.07, 6.45) is 2.16. The number of anilines is 1. The van der Waals surface area contributed by atoms with Gasteiger partial charge in [0.2, 0.25) is 0 Å². The van der Waals surface area contributed by atoms with Crippen LogP contribution in [-0.4, -0.2) is 75.2 Å². The van der Waals surface area contributed by atoms with Gasteiger partial charge in [-0.25, -0.2) is 4.79 Å². The minimum atomic E-state index is -0.421. The molecule has 2 aliphatic rings. The molecule has 1 aromatic rings. The van der Waals surface area contributed by atoms with Crippen molar-refractivity contribution in [1.82, 2.24) is 4.90 Å². The lowest BCUT2D eigenvalue weighted by atomic mass is 10.1. The Balaban J connectivity index is 1.54. The number of quaternary nitrogens is 1. The molecule has 0 unspecified atom stereocenters. The SMILES string of the molecule is CCc1c(C)sc(NC(=O)C[NH+]2CCN(C(=O)[C@@H]3CCCO3)CC2)c1C(=O)OC. The predicted molar refractivity (Wildman–Crippen MR) is 110 cm³/mol. The lowest BCUT2D eigenvalue weighted by Gasteiger charge is -2.33. The molecule has 160 valence electrons. The van der Waals surface area contributed by atoms with Gasteiger partial charge < -0.3 is 24.6 Å². The van der Waals surface area contributed by atoms with Crippen LogP contribution in [0.4, 0.5) is 5.00 Å². The van der Waals surface area contributed by atoms with E-state index in [2.05, 4.69) is 5.32 Å². The number of piperazine rings is 1. The van der Waals surface area contributed by atoms with Crippen LogP contribution in [0.1, 0.15) is 40.6 Å². The first kappa shape index (κ1) is 21.7. The number of ether oxygens (including phenoxy) is 2. The summed E-state index contributed by atoms with van der Waals surface area (Å²) in [7, 11) is 1.35. The molecule has 2 aliphatic heterocycles. The Morgan fingerprint density at radius 3 is 2.62 bits per heavy atom. The summed E-state index contributed by atoms with van der Waals surface area (Å²) in [5.74, 6) is -0.474. The highest BCUT2D eigenvalue weighted by molar-refractivity contribution is 7.16. The number of hydrogen-bond donors (Lipinski definition) is 2. The van der Waals surface area contributed by atoms with Crippen LogP contribution in [-0.2, 0) is 25.5 Å². The Labute approximate surface area is 175 Å². The van der Waals surface area contributed by atoms with E-state index in [9.17, 15) is 14.4 Å². The van der Waals surface area contributed by atoms with Crippen LogP contribution in [0.2, 0.25) is 0 Å². The Hall–Kier alpha value is -1.97. The topological polar surface area (TPSA) is 89.4 Å². The number of thiophene rings is 1. The second-order valence-electron chi connectivity index (χ2n) is 7.49. The van der Waals surface area contributed by atoms with Gasteiger partial charge in [-0.15, -0.1) is 11.3 Å². The largest absolute Gasteiger partial charge is 0.465 e. The molecule has 0 spiro atoms. The van der Waals surface area contributed by atoms with Gasteiger partial charge >= 0.3 is 5.97 Å². The molecule has 0 aromatic carbocycles. The van der Waals surface area contributed by atoms with Gasteiger partial charge in [0, 0.05) is 11.5 Å². The zero-order valence-electron chi connectivity index (χ0n) is 17.3. The first-order chi connectivity index (χ1) is 13.9. The van der Waals surface area contributed by atoms with Gasteiger partial charge in [0.05, 0.1) is 38.9 Å². The normalized spacial score (nSPS) is 20.0. The van der Waals surface area contributed by atoms with Crippen molar-refractivity contribution in [2.24, 2.45) is 0 Å². The maximum Gasteiger partial charge on any atom is 0.341 e. The molecule has 9 heteroatoms. The number of nitrogens with one attached hydrogen (secondary N) is 2. The lowest BCUT2D eigenvalue weighted by molar-refractivity contribution is -0.895. The highest BCUT2D eigenvalue weighted by Crippen LogP contribution is 2.33. The molecule has 0 saturated carbocycles. The van der Waals surface area contributed by atoms with Crippen molar-refractivity contribution in [2.45, 2.75) is 39.2 Å². The summed E-state index contributed by atoms with van der Waals surface area (Å²) in [6.45, 7) is 7.60. The first-order valence-electron chi connectivity index (χ1n) is 10.2. The predicted octanol–water partition coefficient (Wildman–Crippen LogP) is 0.250. The maximum absolute atomic E-state index is 12.6. The van der Waals surface area contributed by atoms with Crippen LogP contribution >= 0.6 is 11.3 Å². The minimum absolute atomic E-state index is 0.0786. The molecular weight excluding hydrogens is 394 g/mol. The number of methoxy groups -OCH3 is 1. The zero-order chi connectivity index (χ0) is 21.0. The van der Waals surface area contributed by atoms with Gasteiger partial charge in [-0.1, -0.05) is 6.92 Å². The molecule has 0 aliphatic carbocycles. The second kappa shape index (κ2) is 9.69. The second-order valence-corrected chi connectivity index (χ2v) is 8.71. The Morgan fingerprint density at radius 1 is 1.31 bits per heavy atom. The number of esters is 1. The number of aryl methyl sites for hydroxylation is 1. The van der Waals surface area contributed by atoms with Crippen molar-refractivity contribution < 1.29 is 28.8 Å². The molecule has 8 nitrogen and oxygen atoms in total. The van der Waals surface area contributed by atoms with Crippen molar-refractivity contribution >= 4 is 34.1 Å². The average molecular weight is 425 g/mol. The van der Waals surface area contributed by atoms with E-state index in [-0.39, 0.29) is 17.9 Å². The van der Waals surface area contributed by atoms with Gasteiger partial charge in [-0.05, 0) is 31.7 Å². The van der Waals surface area contributed by atoms with E-state index < -0.39 is 5.97 Å². The number of nitrogens with zero attached hydrogens (tertiary/aromatic N) is 1. The smallest absolute Gasteiger partial charge is 0.341 e. The molecule has 3 heterocycles. The molecule has 2 N–H and O–H groups in total. The highest BCUT2D eigenvalue weighted by Gasteiger charge is 2.32. The highest BCUT2D eigenvalue weighted by atomic mass is 32.1. The van der Waals surface area contributed by atoms with Crippen LogP contribution in [0.5, 0.6) is 0 Å². The van der Waals surface area contributed by atoms with E-state index in [1.165, 1.54) is 18.4 Å². The molecule has 1 aromatic heterocycles. The van der Waals surface area contributed by atoms with Crippen LogP contribution in [0.15, 0.2) is 0 Å². The summed E-state index contributed by atoms with van der Waals surface area (Å²) >= 11 is 1.41. The summed E-state index contributed by atoms with van der Waals surface area (Å²) in [5, 5.41) is 3.46. The fourth-order valence-corrected chi connectivity index (χ4v) is 5.15. The van der Waals surface area contributed by atoms with E-state index in [0.717, 1.165) is 41.3 Å². The van der Waals surface area contributed by atoms with E-state index in [4.69, 9.17) is 9.47 Å². The number of amides is 2. The molecule has 0 radical (unpaired) electrons. The van der Waals surface area contributed by atoms with Crippen LogP contribution in [0.3, 0.4) is 0 Å². The molecular formula is C20H30N3O5S+. The van der Waals surface area contributed by atoms with Gasteiger partial charge in [0.25, 0.3) is 11.8 Å². The van der Waals surface area contributed by atoms with E-state index in [1.807, 2.05) is 18.7 Å². The van der Waals surface area contributed by atoms with Crippen molar-refractivity contribution in [3.8, 4) is 0 Å². The van der Waals surface area contributed by atoms with Gasteiger partial charge in [-0.3, -0.25) is 9.59 Å². The number of hydrogen-bond acceptors (Lipinski definition) is 6. The van der Waals surface area contributed by atoms with Crippen molar-refractivity contribution in [2.75, 3.05) is 51.8 Å². The molecule has 29 heavy (non-hydrogen) atoms. The summed E-state index contributed by atoms with van der Waals surface area (Å²) in [6, 6.07) is 0. The number of carbonyl (C=O) groups excluding carboxylic acids is 3. The van der Waals surface area contributed by atoms with Gasteiger partial charge in [-0.2, -0.15) is 0 Å². The summed E-state index contributed by atoms with van der Waals surface area (Å²) in [5.41, 5.74) is 1.39. The number of rotatable bonds is 6. The molecule has 1 atom stereocenters. The third-order valence-corrected chi connectivity index (χ3v) is 6.67. The summed E-state index contributed by atoms with van der Waals surface area (Å²) < 4.78 is 10.4. The van der Waals surface area contributed by atoms with Gasteiger partial charge in [0.15, 0.2) is 6.54 Å².